The number of anilines is 1. The summed E-state index contributed by atoms with van der Waals surface area (Å²) in [6.45, 7) is 1.86. The van der Waals surface area contributed by atoms with Gasteiger partial charge in [-0.3, -0.25) is 14.5 Å². The number of para-hydroxylation sites is 1. The van der Waals surface area contributed by atoms with Gasteiger partial charge in [0.25, 0.3) is 0 Å². The van der Waals surface area contributed by atoms with Gasteiger partial charge in [0.2, 0.25) is 11.8 Å². The molecule has 0 bridgehead atoms. The van der Waals surface area contributed by atoms with Crippen molar-refractivity contribution < 1.29 is 14.0 Å². The van der Waals surface area contributed by atoms with Gasteiger partial charge < -0.3 is 10.6 Å². The number of rotatable bonds is 6. The largest absolute Gasteiger partial charge is 0.350 e. The van der Waals surface area contributed by atoms with E-state index in [2.05, 4.69) is 15.5 Å². The highest BCUT2D eigenvalue weighted by Gasteiger charge is 2.21. The number of likely N-dealkylation sites (tertiary alicyclic amines) is 1. The summed E-state index contributed by atoms with van der Waals surface area (Å²) in [5.41, 5.74) is 1.57. The molecule has 0 aromatic heterocycles. The van der Waals surface area contributed by atoms with Crippen molar-refractivity contribution in [1.29, 1.82) is 0 Å². The van der Waals surface area contributed by atoms with Crippen LogP contribution in [0.25, 0.3) is 6.08 Å². The molecule has 6 heteroatoms. The highest BCUT2D eigenvalue weighted by Crippen LogP contribution is 2.11. The third-order valence-electron chi connectivity index (χ3n) is 4.66. The zero-order valence-corrected chi connectivity index (χ0v) is 15.6. The number of nitrogens with zero attached hydrogens (tertiary/aromatic N) is 1. The van der Waals surface area contributed by atoms with Crippen LogP contribution in [-0.2, 0) is 9.59 Å². The van der Waals surface area contributed by atoms with Crippen LogP contribution >= 0.6 is 0 Å². The summed E-state index contributed by atoms with van der Waals surface area (Å²) in [6.07, 6.45) is 4.73. The van der Waals surface area contributed by atoms with Crippen LogP contribution in [-0.4, -0.2) is 42.4 Å². The number of hydrogen-bond acceptors (Lipinski definition) is 3. The molecule has 146 valence electrons. The normalized spacial score (nSPS) is 15.5. The minimum Gasteiger partial charge on any atom is -0.350 e. The highest BCUT2D eigenvalue weighted by atomic mass is 19.1. The Morgan fingerprint density at radius 1 is 1.04 bits per heavy atom. The Hall–Kier alpha value is -2.99. The minimum atomic E-state index is -0.300. The number of hydrogen-bond donors (Lipinski definition) is 2. The van der Waals surface area contributed by atoms with Gasteiger partial charge in [-0.25, -0.2) is 4.39 Å². The molecule has 1 heterocycles. The number of halogens is 1. The van der Waals surface area contributed by atoms with E-state index in [4.69, 9.17) is 0 Å². The van der Waals surface area contributed by atoms with Crippen molar-refractivity contribution in [3.63, 3.8) is 0 Å². The maximum absolute atomic E-state index is 12.9. The molecular formula is C22H24FN3O2. The van der Waals surface area contributed by atoms with Gasteiger partial charge in [0.05, 0.1) is 6.54 Å². The van der Waals surface area contributed by atoms with Crippen LogP contribution in [0.1, 0.15) is 18.4 Å². The Labute approximate surface area is 164 Å². The van der Waals surface area contributed by atoms with Crippen LogP contribution in [0.4, 0.5) is 10.1 Å². The molecule has 2 aromatic rings. The van der Waals surface area contributed by atoms with Gasteiger partial charge in [0.1, 0.15) is 5.82 Å². The first-order chi connectivity index (χ1) is 13.6. The second-order valence-electron chi connectivity index (χ2n) is 6.86. The van der Waals surface area contributed by atoms with Crippen molar-refractivity contribution in [3.8, 4) is 0 Å². The average molecular weight is 381 g/mol. The van der Waals surface area contributed by atoms with E-state index in [0.29, 0.717) is 6.54 Å². The monoisotopic (exact) mass is 381 g/mol. The molecule has 0 radical (unpaired) electrons. The molecule has 0 saturated carbocycles. The minimum absolute atomic E-state index is 0.0316. The second kappa shape index (κ2) is 9.80. The maximum Gasteiger partial charge on any atom is 0.244 e. The van der Waals surface area contributed by atoms with Gasteiger partial charge in [0, 0.05) is 30.9 Å². The standard InChI is InChI=1S/C22H24FN3O2/c23-18-9-6-17(7-10-18)8-11-21(27)24-20-12-14-26(15-13-20)16-22(28)25-19-4-2-1-3-5-19/h1-11,20H,12-16H2,(H,24,27)(H,25,28)/b11-8+. The topological polar surface area (TPSA) is 61.4 Å². The van der Waals surface area contributed by atoms with Crippen molar-refractivity contribution in [1.82, 2.24) is 10.2 Å². The Balaban J connectivity index is 1.38. The molecule has 0 aliphatic carbocycles. The molecule has 2 amide bonds. The summed E-state index contributed by atoms with van der Waals surface area (Å²) in [5.74, 6) is -0.494. The van der Waals surface area contributed by atoms with E-state index < -0.39 is 0 Å². The van der Waals surface area contributed by atoms with Crippen molar-refractivity contribution >= 4 is 23.6 Å². The summed E-state index contributed by atoms with van der Waals surface area (Å²) >= 11 is 0. The van der Waals surface area contributed by atoms with E-state index in [9.17, 15) is 14.0 Å². The van der Waals surface area contributed by atoms with E-state index in [1.165, 1.54) is 18.2 Å². The van der Waals surface area contributed by atoms with Crippen molar-refractivity contribution in [2.75, 3.05) is 25.0 Å². The number of carbonyl (C=O) groups excluding carboxylic acids is 2. The Bertz CT molecular complexity index is 813. The summed E-state index contributed by atoms with van der Waals surface area (Å²) in [7, 11) is 0. The number of carbonyl (C=O) groups is 2. The van der Waals surface area contributed by atoms with Gasteiger partial charge in [-0.2, -0.15) is 0 Å². The first-order valence-corrected chi connectivity index (χ1v) is 9.40. The number of nitrogens with one attached hydrogen (secondary N) is 2. The fraction of sp³-hybridized carbons (Fsp3) is 0.273. The number of piperidine rings is 1. The molecule has 3 rings (SSSR count). The summed E-state index contributed by atoms with van der Waals surface area (Å²) in [4.78, 5) is 26.3. The molecule has 0 atom stereocenters. The highest BCUT2D eigenvalue weighted by molar-refractivity contribution is 5.92. The average Bonchev–Trinajstić information content (AvgIpc) is 2.70. The van der Waals surface area contributed by atoms with Crippen LogP contribution in [0.2, 0.25) is 0 Å². The first kappa shape index (κ1) is 19.8. The smallest absolute Gasteiger partial charge is 0.244 e. The lowest BCUT2D eigenvalue weighted by Crippen LogP contribution is -2.46. The molecule has 2 aromatic carbocycles. The molecule has 0 unspecified atom stereocenters. The predicted octanol–water partition coefficient (Wildman–Crippen LogP) is 3.06. The molecule has 1 aliphatic rings. The van der Waals surface area contributed by atoms with Crippen LogP contribution in [0.3, 0.4) is 0 Å². The fourth-order valence-corrected chi connectivity index (χ4v) is 3.16. The predicted molar refractivity (Wildman–Crippen MR) is 108 cm³/mol. The van der Waals surface area contributed by atoms with Crippen LogP contribution in [0.5, 0.6) is 0 Å². The molecule has 0 spiro atoms. The molecule has 5 nitrogen and oxygen atoms in total. The lowest BCUT2D eigenvalue weighted by Gasteiger charge is -2.31. The molecule has 1 aliphatic heterocycles. The zero-order chi connectivity index (χ0) is 19.8. The van der Waals surface area contributed by atoms with E-state index in [0.717, 1.165) is 37.2 Å². The third-order valence-corrected chi connectivity index (χ3v) is 4.66. The van der Waals surface area contributed by atoms with Gasteiger partial charge in [-0.1, -0.05) is 30.3 Å². The lowest BCUT2D eigenvalue weighted by molar-refractivity contribution is -0.119. The SMILES string of the molecule is O=C(/C=C/c1ccc(F)cc1)NC1CCN(CC(=O)Nc2ccccc2)CC1. The van der Waals surface area contributed by atoms with Gasteiger partial charge in [-0.05, 0) is 48.7 Å². The lowest BCUT2D eigenvalue weighted by atomic mass is 10.0. The van der Waals surface area contributed by atoms with E-state index in [1.54, 1.807) is 18.2 Å². The summed E-state index contributed by atoms with van der Waals surface area (Å²) < 4.78 is 12.9. The zero-order valence-electron chi connectivity index (χ0n) is 15.6. The van der Waals surface area contributed by atoms with Crippen LogP contribution in [0, 0.1) is 5.82 Å². The van der Waals surface area contributed by atoms with Gasteiger partial charge in [-0.15, -0.1) is 0 Å². The van der Waals surface area contributed by atoms with Gasteiger partial charge >= 0.3 is 0 Å². The summed E-state index contributed by atoms with van der Waals surface area (Å²) in [5, 5.41) is 5.87. The Kier molecular flexibility index (Phi) is 6.92. The Morgan fingerprint density at radius 3 is 2.39 bits per heavy atom. The molecule has 1 fully saturated rings. The summed E-state index contributed by atoms with van der Waals surface area (Å²) in [6, 6.07) is 15.5. The maximum atomic E-state index is 12.9. The van der Waals surface area contributed by atoms with Crippen LogP contribution in [0.15, 0.2) is 60.7 Å². The first-order valence-electron chi connectivity index (χ1n) is 9.40. The second-order valence-corrected chi connectivity index (χ2v) is 6.86. The molecular weight excluding hydrogens is 357 g/mol. The van der Waals surface area contributed by atoms with E-state index in [1.807, 2.05) is 30.3 Å². The quantitative estimate of drug-likeness (QED) is 0.756. The third kappa shape index (κ3) is 6.32. The van der Waals surface area contributed by atoms with Crippen molar-refractivity contribution in [3.05, 3.63) is 72.1 Å². The molecule has 28 heavy (non-hydrogen) atoms. The van der Waals surface area contributed by atoms with E-state index in [-0.39, 0.29) is 23.7 Å². The molecule has 1 saturated heterocycles. The van der Waals surface area contributed by atoms with Gasteiger partial charge in [0.15, 0.2) is 0 Å². The van der Waals surface area contributed by atoms with Crippen molar-refractivity contribution in [2.45, 2.75) is 18.9 Å². The number of benzene rings is 2. The fourth-order valence-electron chi connectivity index (χ4n) is 3.16. The Morgan fingerprint density at radius 2 is 1.71 bits per heavy atom. The van der Waals surface area contributed by atoms with Crippen molar-refractivity contribution in [2.24, 2.45) is 0 Å². The van der Waals surface area contributed by atoms with Crippen LogP contribution < -0.4 is 10.6 Å². The number of amides is 2. The van der Waals surface area contributed by atoms with E-state index >= 15 is 0 Å². The molecule has 2 N–H and O–H groups in total.